The second kappa shape index (κ2) is 8.31. The zero-order valence-electron chi connectivity index (χ0n) is 13.0. The van der Waals surface area contributed by atoms with E-state index < -0.39 is 0 Å². The molecule has 0 aliphatic heterocycles. The molecule has 2 nitrogen and oxygen atoms in total. The third-order valence-corrected chi connectivity index (χ3v) is 4.29. The predicted molar refractivity (Wildman–Crippen MR) is 85.2 cm³/mol. The molecular weight excluding hydrogens is 246 g/mol. The lowest BCUT2D eigenvalue weighted by Crippen LogP contribution is -2.21. The summed E-state index contributed by atoms with van der Waals surface area (Å²) < 4.78 is 5.92. The summed E-state index contributed by atoms with van der Waals surface area (Å²) in [5, 5.41) is 3.59. The van der Waals surface area contributed by atoms with E-state index in [1.807, 2.05) is 0 Å². The van der Waals surface area contributed by atoms with E-state index in [9.17, 15) is 0 Å². The quantitative estimate of drug-likeness (QED) is 0.742. The van der Waals surface area contributed by atoms with E-state index in [1.54, 1.807) is 0 Å². The Bertz CT molecular complexity index is 368. The van der Waals surface area contributed by atoms with Crippen LogP contribution in [0.15, 0.2) is 24.3 Å². The smallest absolute Gasteiger partial charge is 0.119 e. The Morgan fingerprint density at radius 3 is 2.45 bits per heavy atom. The summed E-state index contributed by atoms with van der Waals surface area (Å²) in [6.07, 6.45) is 7.76. The van der Waals surface area contributed by atoms with Crippen molar-refractivity contribution in [3.05, 3.63) is 29.8 Å². The SMILES string of the molecule is CCCNC(CC)c1ccc(OCC2CCCC2)cc1. The van der Waals surface area contributed by atoms with Gasteiger partial charge in [-0.2, -0.15) is 0 Å². The molecule has 1 fully saturated rings. The van der Waals surface area contributed by atoms with Gasteiger partial charge in [0.2, 0.25) is 0 Å². The van der Waals surface area contributed by atoms with Crippen LogP contribution in [-0.2, 0) is 0 Å². The van der Waals surface area contributed by atoms with Gasteiger partial charge in [-0.05, 0) is 55.8 Å². The van der Waals surface area contributed by atoms with Gasteiger partial charge in [0.1, 0.15) is 5.75 Å². The summed E-state index contributed by atoms with van der Waals surface area (Å²) in [6.45, 7) is 6.42. The molecule has 20 heavy (non-hydrogen) atoms. The van der Waals surface area contributed by atoms with E-state index in [0.717, 1.165) is 31.2 Å². The molecule has 0 aromatic heterocycles. The Kier molecular flexibility index (Phi) is 6.38. The van der Waals surface area contributed by atoms with Crippen LogP contribution in [0.5, 0.6) is 5.75 Å². The zero-order valence-corrected chi connectivity index (χ0v) is 13.0. The molecule has 1 N–H and O–H groups in total. The molecule has 1 saturated carbocycles. The largest absolute Gasteiger partial charge is 0.493 e. The molecule has 1 aromatic carbocycles. The average molecular weight is 275 g/mol. The summed E-state index contributed by atoms with van der Waals surface area (Å²) >= 11 is 0. The lowest BCUT2D eigenvalue weighted by atomic mass is 10.0. The van der Waals surface area contributed by atoms with Crippen molar-refractivity contribution in [1.82, 2.24) is 5.32 Å². The summed E-state index contributed by atoms with van der Waals surface area (Å²) in [7, 11) is 0. The van der Waals surface area contributed by atoms with Crippen molar-refractivity contribution >= 4 is 0 Å². The average Bonchev–Trinajstić information content (AvgIpc) is 3.00. The second-order valence-electron chi connectivity index (χ2n) is 5.95. The molecule has 0 bridgehead atoms. The highest BCUT2D eigenvalue weighted by Gasteiger charge is 2.15. The molecule has 0 heterocycles. The van der Waals surface area contributed by atoms with Crippen molar-refractivity contribution in [1.29, 1.82) is 0 Å². The fourth-order valence-electron chi connectivity index (χ4n) is 3.00. The molecule has 0 spiro atoms. The van der Waals surface area contributed by atoms with E-state index in [0.29, 0.717) is 6.04 Å². The number of hydrogen-bond donors (Lipinski definition) is 1. The van der Waals surface area contributed by atoms with Gasteiger partial charge in [0, 0.05) is 6.04 Å². The summed E-state index contributed by atoms with van der Waals surface area (Å²) in [5.41, 5.74) is 1.37. The van der Waals surface area contributed by atoms with E-state index in [2.05, 4.69) is 43.4 Å². The van der Waals surface area contributed by atoms with Crippen LogP contribution in [-0.4, -0.2) is 13.2 Å². The van der Waals surface area contributed by atoms with Crippen molar-refractivity contribution in [2.45, 2.75) is 58.4 Å². The van der Waals surface area contributed by atoms with Gasteiger partial charge >= 0.3 is 0 Å². The molecule has 0 amide bonds. The van der Waals surface area contributed by atoms with Crippen LogP contribution in [0.1, 0.15) is 64.0 Å². The van der Waals surface area contributed by atoms with Crippen LogP contribution in [0.25, 0.3) is 0 Å². The van der Waals surface area contributed by atoms with Crippen molar-refractivity contribution in [2.24, 2.45) is 5.92 Å². The van der Waals surface area contributed by atoms with Crippen molar-refractivity contribution in [3.8, 4) is 5.75 Å². The molecular formula is C18H29NO. The first-order valence-electron chi connectivity index (χ1n) is 8.29. The maximum Gasteiger partial charge on any atom is 0.119 e. The molecule has 1 aliphatic carbocycles. The second-order valence-corrected chi connectivity index (χ2v) is 5.95. The van der Waals surface area contributed by atoms with E-state index in [1.165, 1.54) is 37.7 Å². The minimum Gasteiger partial charge on any atom is -0.493 e. The first-order chi connectivity index (χ1) is 9.83. The van der Waals surface area contributed by atoms with Crippen LogP contribution in [0, 0.1) is 5.92 Å². The molecule has 1 atom stereocenters. The minimum atomic E-state index is 0.471. The highest BCUT2D eigenvalue weighted by molar-refractivity contribution is 5.29. The first kappa shape index (κ1) is 15.4. The molecule has 1 unspecified atom stereocenters. The van der Waals surface area contributed by atoms with Gasteiger partial charge in [0.15, 0.2) is 0 Å². The van der Waals surface area contributed by atoms with Crippen LogP contribution >= 0.6 is 0 Å². The lowest BCUT2D eigenvalue weighted by Gasteiger charge is -2.18. The summed E-state index contributed by atoms with van der Waals surface area (Å²) in [5.74, 6) is 1.80. The minimum absolute atomic E-state index is 0.471. The Labute approximate surface area is 123 Å². The van der Waals surface area contributed by atoms with Crippen LogP contribution < -0.4 is 10.1 Å². The van der Waals surface area contributed by atoms with Crippen LogP contribution in [0.3, 0.4) is 0 Å². The fourth-order valence-corrected chi connectivity index (χ4v) is 3.00. The molecule has 112 valence electrons. The molecule has 1 aliphatic rings. The number of benzene rings is 1. The standard InChI is InChI=1S/C18H29NO/c1-3-13-19-18(4-2)16-9-11-17(12-10-16)20-14-15-7-5-6-8-15/h9-12,15,18-19H,3-8,13-14H2,1-2H3. The zero-order chi connectivity index (χ0) is 14.2. The topological polar surface area (TPSA) is 21.3 Å². The van der Waals surface area contributed by atoms with Crippen molar-refractivity contribution in [2.75, 3.05) is 13.2 Å². The van der Waals surface area contributed by atoms with E-state index in [-0.39, 0.29) is 0 Å². The first-order valence-corrected chi connectivity index (χ1v) is 8.29. The number of nitrogens with one attached hydrogen (secondary N) is 1. The molecule has 1 aromatic rings. The fraction of sp³-hybridized carbons (Fsp3) is 0.667. The van der Waals surface area contributed by atoms with Crippen LogP contribution in [0.2, 0.25) is 0 Å². The van der Waals surface area contributed by atoms with Gasteiger partial charge in [0.05, 0.1) is 6.61 Å². The third kappa shape index (κ3) is 4.52. The van der Waals surface area contributed by atoms with Crippen LogP contribution in [0.4, 0.5) is 0 Å². The van der Waals surface area contributed by atoms with Crippen molar-refractivity contribution < 1.29 is 4.74 Å². The normalized spacial score (nSPS) is 17.3. The molecule has 2 rings (SSSR count). The monoisotopic (exact) mass is 275 g/mol. The molecule has 0 radical (unpaired) electrons. The van der Waals surface area contributed by atoms with E-state index >= 15 is 0 Å². The summed E-state index contributed by atoms with van der Waals surface area (Å²) in [4.78, 5) is 0. The Morgan fingerprint density at radius 1 is 1.15 bits per heavy atom. The van der Waals surface area contributed by atoms with Crippen molar-refractivity contribution in [3.63, 3.8) is 0 Å². The van der Waals surface area contributed by atoms with Gasteiger partial charge < -0.3 is 10.1 Å². The van der Waals surface area contributed by atoms with E-state index in [4.69, 9.17) is 4.74 Å². The third-order valence-electron chi connectivity index (χ3n) is 4.29. The highest BCUT2D eigenvalue weighted by atomic mass is 16.5. The Balaban J connectivity index is 1.84. The maximum atomic E-state index is 5.92. The van der Waals surface area contributed by atoms with Gasteiger partial charge in [0.25, 0.3) is 0 Å². The number of hydrogen-bond acceptors (Lipinski definition) is 2. The number of rotatable bonds is 8. The molecule has 0 saturated heterocycles. The Morgan fingerprint density at radius 2 is 1.85 bits per heavy atom. The predicted octanol–water partition coefficient (Wildman–Crippen LogP) is 4.71. The lowest BCUT2D eigenvalue weighted by molar-refractivity contribution is 0.252. The van der Waals surface area contributed by atoms with Gasteiger partial charge in [-0.25, -0.2) is 0 Å². The summed E-state index contributed by atoms with van der Waals surface area (Å²) in [6, 6.07) is 9.14. The van der Waals surface area contributed by atoms with Gasteiger partial charge in [-0.3, -0.25) is 0 Å². The number of ether oxygens (including phenoxy) is 1. The highest BCUT2D eigenvalue weighted by Crippen LogP contribution is 2.26. The van der Waals surface area contributed by atoms with Gasteiger partial charge in [-0.15, -0.1) is 0 Å². The Hall–Kier alpha value is -1.02. The molecule has 2 heteroatoms. The maximum absolute atomic E-state index is 5.92. The van der Waals surface area contributed by atoms with Gasteiger partial charge in [-0.1, -0.05) is 38.8 Å².